The summed E-state index contributed by atoms with van der Waals surface area (Å²) in [6.45, 7) is 9.05. The van der Waals surface area contributed by atoms with E-state index >= 15 is 0 Å². The first-order valence-electron chi connectivity index (χ1n) is 9.50. The quantitative estimate of drug-likeness (QED) is 0.723. The summed E-state index contributed by atoms with van der Waals surface area (Å²) in [5, 5.41) is 0. The highest BCUT2D eigenvalue weighted by atomic mass is 32.2. The van der Waals surface area contributed by atoms with Crippen molar-refractivity contribution in [3.8, 4) is 5.75 Å². The number of hydrogen-bond acceptors (Lipinski definition) is 4. The lowest BCUT2D eigenvalue weighted by molar-refractivity contribution is 0.191. The van der Waals surface area contributed by atoms with Gasteiger partial charge in [0, 0.05) is 24.3 Å². The molecule has 0 unspecified atom stereocenters. The van der Waals surface area contributed by atoms with E-state index in [9.17, 15) is 8.42 Å². The van der Waals surface area contributed by atoms with Crippen molar-refractivity contribution in [2.45, 2.75) is 44.7 Å². The summed E-state index contributed by atoms with van der Waals surface area (Å²) in [5.41, 5.74) is 2.08. The molecular formula is C22H28N2O3S. The van der Waals surface area contributed by atoms with Crippen LogP contribution in [0.3, 0.4) is 0 Å². The van der Waals surface area contributed by atoms with Gasteiger partial charge in [-0.15, -0.1) is 0 Å². The number of anilines is 1. The maximum atomic E-state index is 13.5. The highest BCUT2D eigenvalue weighted by Gasteiger charge is 2.34. The van der Waals surface area contributed by atoms with Crippen molar-refractivity contribution in [1.29, 1.82) is 0 Å². The Bertz CT molecular complexity index is 956. The molecule has 1 heterocycles. The van der Waals surface area contributed by atoms with Crippen molar-refractivity contribution in [1.82, 2.24) is 4.90 Å². The van der Waals surface area contributed by atoms with Crippen molar-refractivity contribution in [2.75, 3.05) is 18.0 Å². The van der Waals surface area contributed by atoms with Gasteiger partial charge in [0.25, 0.3) is 10.0 Å². The summed E-state index contributed by atoms with van der Waals surface area (Å²) < 4.78 is 33.7. The van der Waals surface area contributed by atoms with E-state index in [1.807, 2.05) is 18.2 Å². The third-order valence-corrected chi connectivity index (χ3v) is 6.85. The van der Waals surface area contributed by atoms with Gasteiger partial charge in [-0.3, -0.25) is 4.90 Å². The zero-order chi connectivity index (χ0) is 20.5. The van der Waals surface area contributed by atoms with E-state index in [1.165, 1.54) is 4.31 Å². The molecule has 0 aliphatic carbocycles. The topological polar surface area (TPSA) is 49.9 Å². The average Bonchev–Trinajstić information content (AvgIpc) is 2.65. The second-order valence-electron chi connectivity index (χ2n) is 7.50. The van der Waals surface area contributed by atoms with Crippen molar-refractivity contribution in [3.05, 3.63) is 59.8 Å². The summed E-state index contributed by atoms with van der Waals surface area (Å²) in [4.78, 5) is 2.61. The summed E-state index contributed by atoms with van der Waals surface area (Å²) in [5.74, 6) is 0.690. The van der Waals surface area contributed by atoms with Gasteiger partial charge in [0.15, 0.2) is 0 Å². The minimum atomic E-state index is -3.70. The first kappa shape index (κ1) is 20.4. The number of ether oxygens (including phenoxy) is 1. The molecule has 5 nitrogen and oxygen atoms in total. The van der Waals surface area contributed by atoms with Gasteiger partial charge in [0.1, 0.15) is 5.75 Å². The van der Waals surface area contributed by atoms with Gasteiger partial charge in [0.05, 0.1) is 17.7 Å². The highest BCUT2D eigenvalue weighted by Crippen LogP contribution is 2.36. The molecule has 0 radical (unpaired) electrons. The van der Waals surface area contributed by atoms with Crippen LogP contribution in [0.15, 0.2) is 59.1 Å². The number of benzene rings is 2. The first-order valence-corrected chi connectivity index (χ1v) is 10.9. The molecule has 1 aliphatic rings. The molecule has 28 heavy (non-hydrogen) atoms. The van der Waals surface area contributed by atoms with Crippen LogP contribution in [0.4, 0.5) is 5.69 Å². The average molecular weight is 401 g/mol. The van der Waals surface area contributed by atoms with Crippen LogP contribution < -0.4 is 9.04 Å². The number of nitrogens with zero attached hydrogens (tertiary/aromatic N) is 2. The molecule has 0 N–H and O–H groups in total. The van der Waals surface area contributed by atoms with Gasteiger partial charge in [-0.25, -0.2) is 12.7 Å². The van der Waals surface area contributed by atoms with Gasteiger partial charge in [-0.2, -0.15) is 0 Å². The molecule has 6 heteroatoms. The van der Waals surface area contributed by atoms with Crippen LogP contribution in [0.25, 0.3) is 6.08 Å². The minimum absolute atomic E-state index is 0.290. The Balaban J connectivity index is 2.15. The Kier molecular flexibility index (Phi) is 5.82. The van der Waals surface area contributed by atoms with E-state index < -0.39 is 10.0 Å². The highest BCUT2D eigenvalue weighted by molar-refractivity contribution is 7.93. The number of rotatable bonds is 6. The monoisotopic (exact) mass is 400 g/mol. The molecule has 0 atom stereocenters. The van der Waals surface area contributed by atoms with Crippen LogP contribution in [-0.2, 0) is 10.0 Å². The van der Waals surface area contributed by atoms with Crippen molar-refractivity contribution >= 4 is 21.8 Å². The van der Waals surface area contributed by atoms with Crippen LogP contribution in [-0.4, -0.2) is 39.1 Å². The van der Waals surface area contributed by atoms with E-state index in [2.05, 4.69) is 32.6 Å². The Morgan fingerprint density at radius 2 is 1.57 bits per heavy atom. The summed E-state index contributed by atoms with van der Waals surface area (Å²) in [7, 11) is -2.11. The van der Waals surface area contributed by atoms with Gasteiger partial charge >= 0.3 is 0 Å². The maximum Gasteiger partial charge on any atom is 0.269 e. The molecule has 0 aromatic heterocycles. The van der Waals surface area contributed by atoms with E-state index in [1.54, 1.807) is 43.5 Å². The molecular weight excluding hydrogens is 372 g/mol. The number of methoxy groups -OCH3 is 1. The fourth-order valence-electron chi connectivity index (χ4n) is 3.61. The molecule has 2 aromatic carbocycles. The lowest BCUT2D eigenvalue weighted by Crippen LogP contribution is -2.44. The van der Waals surface area contributed by atoms with Gasteiger partial charge < -0.3 is 4.74 Å². The van der Waals surface area contributed by atoms with Crippen molar-refractivity contribution in [2.24, 2.45) is 0 Å². The number of sulfonamides is 1. The third-order valence-electron chi connectivity index (χ3n) is 5.00. The second-order valence-corrected chi connectivity index (χ2v) is 9.26. The van der Waals surface area contributed by atoms with Crippen LogP contribution >= 0.6 is 0 Å². The van der Waals surface area contributed by atoms with Crippen LogP contribution in [0, 0.1) is 0 Å². The lowest BCUT2D eigenvalue weighted by Gasteiger charge is -2.37. The fourth-order valence-corrected chi connectivity index (χ4v) is 5.30. The summed E-state index contributed by atoms with van der Waals surface area (Å²) >= 11 is 0. The predicted molar refractivity (Wildman–Crippen MR) is 114 cm³/mol. The molecule has 0 bridgehead atoms. The fraction of sp³-hybridized carbons (Fsp3) is 0.364. The molecule has 0 saturated carbocycles. The zero-order valence-corrected chi connectivity index (χ0v) is 17.9. The molecule has 0 amide bonds. The Labute approximate surface area is 168 Å². The molecule has 2 aromatic rings. The van der Waals surface area contributed by atoms with Crippen molar-refractivity contribution < 1.29 is 13.2 Å². The Morgan fingerprint density at radius 1 is 0.964 bits per heavy atom. The maximum absolute atomic E-state index is 13.5. The van der Waals surface area contributed by atoms with Gasteiger partial charge in [-0.1, -0.05) is 18.2 Å². The summed E-state index contributed by atoms with van der Waals surface area (Å²) in [6.07, 6.45) is 1.98. The molecule has 1 aliphatic heterocycles. The second kappa shape index (κ2) is 7.97. The molecule has 3 rings (SSSR count). The SMILES string of the molecule is COc1ccc(N2C(CN(C(C)C)C(C)C)=Cc3ccccc3S2(=O)=O)cc1. The smallest absolute Gasteiger partial charge is 0.269 e. The Morgan fingerprint density at radius 3 is 2.14 bits per heavy atom. The van der Waals surface area contributed by atoms with E-state index in [-0.39, 0.29) is 0 Å². The third kappa shape index (κ3) is 3.80. The lowest BCUT2D eigenvalue weighted by atomic mass is 10.1. The summed E-state index contributed by atoms with van der Waals surface area (Å²) in [6, 6.07) is 14.9. The first-order chi connectivity index (χ1) is 13.3. The van der Waals surface area contributed by atoms with Crippen LogP contribution in [0.1, 0.15) is 33.3 Å². The van der Waals surface area contributed by atoms with Gasteiger partial charge in [-0.05, 0) is 69.7 Å². The molecule has 0 fully saturated rings. The molecule has 150 valence electrons. The largest absolute Gasteiger partial charge is 0.497 e. The Hall–Kier alpha value is -2.31. The molecule has 0 saturated heterocycles. The number of hydrogen-bond donors (Lipinski definition) is 0. The predicted octanol–water partition coefficient (Wildman–Crippen LogP) is 4.36. The van der Waals surface area contributed by atoms with E-state index in [0.717, 1.165) is 11.3 Å². The minimum Gasteiger partial charge on any atom is -0.497 e. The standard InChI is InChI=1S/C22H28N2O3S/c1-16(2)23(17(3)4)15-20-14-18-8-6-7-9-22(18)28(25,26)24(20)19-10-12-21(27-5)13-11-19/h6-14,16-17H,15H2,1-5H3. The van der Waals surface area contributed by atoms with Crippen LogP contribution in [0.2, 0.25) is 0 Å². The van der Waals surface area contributed by atoms with E-state index in [0.29, 0.717) is 35.0 Å². The zero-order valence-electron chi connectivity index (χ0n) is 17.1. The normalized spacial score (nSPS) is 15.7. The number of fused-ring (bicyclic) bond motifs is 1. The van der Waals surface area contributed by atoms with Crippen LogP contribution in [0.5, 0.6) is 5.75 Å². The van der Waals surface area contributed by atoms with Crippen molar-refractivity contribution in [3.63, 3.8) is 0 Å². The van der Waals surface area contributed by atoms with E-state index in [4.69, 9.17) is 4.74 Å². The van der Waals surface area contributed by atoms with Gasteiger partial charge in [0.2, 0.25) is 0 Å². The molecule has 0 spiro atoms.